The fourth-order valence-corrected chi connectivity index (χ4v) is 2.13. The van der Waals surface area contributed by atoms with E-state index in [0.717, 1.165) is 24.8 Å². The maximum absolute atomic E-state index is 11.2. The van der Waals surface area contributed by atoms with Crippen LogP contribution < -0.4 is 0 Å². The van der Waals surface area contributed by atoms with Crippen LogP contribution in [0.5, 0.6) is 0 Å². The molecule has 0 spiro atoms. The fraction of sp³-hybridized carbons (Fsp3) is 0.450. The first kappa shape index (κ1) is 19.4. The molecule has 0 aliphatic heterocycles. The van der Waals surface area contributed by atoms with Gasteiger partial charge in [0.2, 0.25) is 0 Å². The molecule has 21 heavy (non-hydrogen) atoms. The smallest absolute Gasteiger partial charge is 0.159 e. The minimum atomic E-state index is 0.127. The van der Waals surface area contributed by atoms with E-state index in [1.165, 1.54) is 16.7 Å². The van der Waals surface area contributed by atoms with Crippen LogP contribution in [0.2, 0.25) is 0 Å². The van der Waals surface area contributed by atoms with Crippen molar-refractivity contribution in [3.8, 4) is 0 Å². The van der Waals surface area contributed by atoms with Crippen LogP contribution in [0.3, 0.4) is 0 Å². The van der Waals surface area contributed by atoms with Gasteiger partial charge in [0.05, 0.1) is 0 Å². The fourth-order valence-electron chi connectivity index (χ4n) is 2.13. The van der Waals surface area contributed by atoms with Crippen LogP contribution in [0.4, 0.5) is 0 Å². The first-order chi connectivity index (χ1) is 10.2. The van der Waals surface area contributed by atoms with Gasteiger partial charge in [0.1, 0.15) is 0 Å². The van der Waals surface area contributed by atoms with Crippen LogP contribution in [0, 0.1) is 0 Å². The summed E-state index contributed by atoms with van der Waals surface area (Å²) in [4.78, 5) is 11.2. The standard InChI is InChI=1S/C16H18O.2C2H6/c1-3-13-4-6-15(7-5-13)16-10-8-14(9-11-16)12(2)17;2*1-2/h4,6,8-11H,3,5,7H2,1-2H3;2*1-2H3. The Bertz CT molecular complexity index is 475. The highest BCUT2D eigenvalue weighted by atomic mass is 16.1. The van der Waals surface area contributed by atoms with Crippen LogP contribution in [0.1, 0.15) is 76.7 Å². The van der Waals surface area contributed by atoms with E-state index in [-0.39, 0.29) is 5.78 Å². The second kappa shape index (κ2) is 11.1. The summed E-state index contributed by atoms with van der Waals surface area (Å²) in [7, 11) is 0. The van der Waals surface area contributed by atoms with Gasteiger partial charge in [-0.3, -0.25) is 4.79 Å². The monoisotopic (exact) mass is 286 g/mol. The third-order valence-electron chi connectivity index (χ3n) is 3.35. The average molecular weight is 286 g/mol. The van der Waals surface area contributed by atoms with Crippen LogP contribution >= 0.6 is 0 Å². The predicted octanol–water partition coefficient (Wildman–Crippen LogP) is 6.46. The Labute approximate surface area is 130 Å². The van der Waals surface area contributed by atoms with Gasteiger partial charge in [-0.1, -0.05) is 76.6 Å². The number of allylic oxidation sites excluding steroid dienone is 4. The van der Waals surface area contributed by atoms with Crippen molar-refractivity contribution in [3.63, 3.8) is 0 Å². The lowest BCUT2D eigenvalue weighted by Gasteiger charge is -2.14. The molecule has 1 heteroatoms. The molecule has 0 heterocycles. The molecule has 116 valence electrons. The van der Waals surface area contributed by atoms with E-state index >= 15 is 0 Å². The Balaban J connectivity index is 0.000000921. The highest BCUT2D eigenvalue weighted by molar-refractivity contribution is 5.94. The average Bonchev–Trinajstić information content (AvgIpc) is 2.58. The maximum Gasteiger partial charge on any atom is 0.159 e. The van der Waals surface area contributed by atoms with Crippen molar-refractivity contribution < 1.29 is 4.79 Å². The summed E-state index contributed by atoms with van der Waals surface area (Å²) in [5, 5.41) is 0. The molecule has 0 atom stereocenters. The van der Waals surface area contributed by atoms with E-state index in [1.807, 2.05) is 52.0 Å². The topological polar surface area (TPSA) is 17.1 Å². The Hall–Kier alpha value is -1.63. The van der Waals surface area contributed by atoms with Gasteiger partial charge in [0.15, 0.2) is 5.78 Å². The van der Waals surface area contributed by atoms with Gasteiger partial charge in [-0.05, 0) is 37.3 Å². The summed E-state index contributed by atoms with van der Waals surface area (Å²) in [6, 6.07) is 7.93. The Morgan fingerprint density at radius 3 is 1.90 bits per heavy atom. The number of carbonyl (C=O) groups is 1. The number of benzene rings is 1. The summed E-state index contributed by atoms with van der Waals surface area (Å²) in [6.07, 6.45) is 7.87. The van der Waals surface area contributed by atoms with Crippen molar-refractivity contribution in [2.45, 2.75) is 60.8 Å². The highest BCUT2D eigenvalue weighted by Crippen LogP contribution is 2.27. The van der Waals surface area contributed by atoms with Crippen molar-refractivity contribution in [1.29, 1.82) is 0 Å². The van der Waals surface area contributed by atoms with E-state index in [0.29, 0.717) is 0 Å². The molecule has 0 aromatic heterocycles. The molecule has 0 saturated heterocycles. The van der Waals surface area contributed by atoms with Crippen molar-refractivity contribution in [2.75, 3.05) is 0 Å². The predicted molar refractivity (Wildman–Crippen MR) is 94.7 cm³/mol. The summed E-state index contributed by atoms with van der Waals surface area (Å²) < 4.78 is 0. The normalized spacial score (nSPS) is 12.9. The van der Waals surface area contributed by atoms with Crippen LogP contribution in [-0.2, 0) is 0 Å². The number of carbonyl (C=O) groups excluding carboxylic acids is 1. The Morgan fingerprint density at radius 1 is 0.952 bits per heavy atom. The van der Waals surface area contributed by atoms with Gasteiger partial charge in [-0.25, -0.2) is 0 Å². The molecule has 0 amide bonds. The summed E-state index contributed by atoms with van der Waals surface area (Å²) in [6.45, 7) is 11.8. The molecule has 1 aliphatic carbocycles. The zero-order chi connectivity index (χ0) is 16.3. The Kier molecular flexibility index (Phi) is 10.2. The van der Waals surface area contributed by atoms with Crippen molar-refractivity contribution in [1.82, 2.24) is 0 Å². The van der Waals surface area contributed by atoms with E-state index < -0.39 is 0 Å². The largest absolute Gasteiger partial charge is 0.295 e. The molecule has 0 N–H and O–H groups in total. The lowest BCUT2D eigenvalue weighted by molar-refractivity contribution is 0.101. The molecule has 1 aliphatic rings. The van der Waals surface area contributed by atoms with Gasteiger partial charge in [0.25, 0.3) is 0 Å². The maximum atomic E-state index is 11.2. The molecule has 1 nitrogen and oxygen atoms in total. The molecular weight excluding hydrogens is 256 g/mol. The zero-order valence-corrected chi connectivity index (χ0v) is 14.5. The second-order valence-electron chi connectivity index (χ2n) is 4.50. The number of Topliss-reactive ketones (excluding diaryl/α,β-unsaturated/α-hetero) is 1. The highest BCUT2D eigenvalue weighted by Gasteiger charge is 2.07. The third-order valence-corrected chi connectivity index (χ3v) is 3.35. The molecule has 0 radical (unpaired) electrons. The summed E-state index contributed by atoms with van der Waals surface area (Å²) >= 11 is 0. The van der Waals surface area contributed by atoms with Crippen LogP contribution in [0.15, 0.2) is 42.0 Å². The van der Waals surface area contributed by atoms with E-state index in [1.54, 1.807) is 6.92 Å². The summed E-state index contributed by atoms with van der Waals surface area (Å²) in [5.74, 6) is 0.127. The van der Waals surface area contributed by atoms with Gasteiger partial charge in [-0.2, -0.15) is 0 Å². The van der Waals surface area contributed by atoms with Gasteiger partial charge >= 0.3 is 0 Å². The van der Waals surface area contributed by atoms with Gasteiger partial charge in [-0.15, -0.1) is 0 Å². The van der Waals surface area contributed by atoms with Crippen LogP contribution in [-0.4, -0.2) is 5.78 Å². The molecule has 1 aromatic carbocycles. The number of hydrogen-bond acceptors (Lipinski definition) is 1. The number of rotatable bonds is 3. The quantitative estimate of drug-likeness (QED) is 0.583. The number of ketones is 1. The van der Waals surface area contributed by atoms with Crippen molar-refractivity contribution in [3.05, 3.63) is 53.1 Å². The minimum Gasteiger partial charge on any atom is -0.295 e. The molecule has 2 rings (SSSR count). The molecular formula is C20H30O. The Morgan fingerprint density at radius 2 is 1.52 bits per heavy atom. The molecule has 0 unspecified atom stereocenters. The third kappa shape index (κ3) is 6.12. The van der Waals surface area contributed by atoms with E-state index in [4.69, 9.17) is 0 Å². The minimum absolute atomic E-state index is 0.127. The molecule has 1 aromatic rings. The lowest BCUT2D eigenvalue weighted by Crippen LogP contribution is -1.95. The lowest BCUT2D eigenvalue weighted by atomic mass is 9.92. The molecule has 0 saturated carbocycles. The van der Waals surface area contributed by atoms with E-state index in [9.17, 15) is 4.79 Å². The van der Waals surface area contributed by atoms with Crippen molar-refractivity contribution in [2.24, 2.45) is 0 Å². The van der Waals surface area contributed by atoms with E-state index in [2.05, 4.69) is 19.1 Å². The van der Waals surface area contributed by atoms with Crippen molar-refractivity contribution >= 4 is 11.4 Å². The van der Waals surface area contributed by atoms with Gasteiger partial charge < -0.3 is 0 Å². The van der Waals surface area contributed by atoms with Gasteiger partial charge in [0, 0.05) is 5.56 Å². The summed E-state index contributed by atoms with van der Waals surface area (Å²) in [5.41, 5.74) is 4.92. The van der Waals surface area contributed by atoms with Crippen LogP contribution in [0.25, 0.3) is 5.57 Å². The zero-order valence-electron chi connectivity index (χ0n) is 14.5. The number of hydrogen-bond donors (Lipinski definition) is 0. The SMILES string of the molecule is CC.CC.CCC1=CC=C(c2ccc(C(C)=O)cc2)CC1. The molecule has 0 fully saturated rings. The second-order valence-corrected chi connectivity index (χ2v) is 4.50. The molecule has 0 bridgehead atoms. The first-order valence-corrected chi connectivity index (χ1v) is 8.20. The first-order valence-electron chi connectivity index (χ1n) is 8.20.